The van der Waals surface area contributed by atoms with E-state index >= 15 is 0 Å². The number of hydrogen-bond donors (Lipinski definition) is 1. The van der Waals surface area contributed by atoms with E-state index < -0.39 is 21.7 Å². The molecule has 2 rings (SSSR count). The monoisotopic (exact) mass is 281 g/mol. The molecule has 1 atom stereocenters. The lowest BCUT2D eigenvalue weighted by Gasteiger charge is -2.59. The van der Waals surface area contributed by atoms with Gasteiger partial charge in [-0.25, -0.2) is 0 Å². The minimum Gasteiger partial charge on any atom is -0.316 e. The van der Waals surface area contributed by atoms with Gasteiger partial charge in [-0.15, -0.1) is 5.47 Å². The fraction of sp³-hybridized carbons (Fsp3) is 0.250. The Morgan fingerprint density at radius 3 is 2.10 bits per heavy atom. The van der Waals surface area contributed by atoms with E-state index in [0.29, 0.717) is 0 Å². The van der Waals surface area contributed by atoms with Crippen molar-refractivity contribution in [3.8, 4) is 0 Å². The average Bonchev–Trinajstić information content (AvgIpc) is 2.43. The number of rotatable bonds is 1. The van der Waals surface area contributed by atoms with E-state index in [1.165, 1.54) is 12.1 Å². The molecular formula is C12H6B6ClNO. The summed E-state index contributed by atoms with van der Waals surface area (Å²) >= 11 is 6.10. The minimum atomic E-state index is -2.12. The third-order valence-electron chi connectivity index (χ3n) is 3.97. The molecule has 0 spiro atoms. The van der Waals surface area contributed by atoms with Gasteiger partial charge in [-0.05, 0) is 11.6 Å². The quantitative estimate of drug-likeness (QED) is 0.707. The van der Waals surface area contributed by atoms with Crippen LogP contribution in [-0.2, 0) is 10.3 Å². The van der Waals surface area contributed by atoms with Crippen molar-refractivity contribution in [2.24, 2.45) is 5.73 Å². The first-order valence-electron chi connectivity index (χ1n) is 5.99. The number of carbonyl (C=O) groups is 1. The lowest BCUT2D eigenvalue weighted by Crippen LogP contribution is -2.63. The number of carbonyl (C=O) groups excluding carboxylic acids is 1. The number of nitrogens with two attached hydrogens (primary N) is 1. The molecule has 1 aliphatic carbocycles. The lowest BCUT2D eigenvalue weighted by molar-refractivity contribution is -0.121. The van der Waals surface area contributed by atoms with Gasteiger partial charge < -0.3 is 5.73 Å². The predicted molar refractivity (Wildman–Crippen MR) is 89.3 cm³/mol. The molecule has 12 radical (unpaired) electrons. The highest BCUT2D eigenvalue weighted by atomic mass is 35.5. The molecule has 2 nitrogen and oxygen atoms in total. The summed E-state index contributed by atoms with van der Waals surface area (Å²) in [5.74, 6) is -0.787. The Kier molecular flexibility index (Phi) is 3.87. The summed E-state index contributed by atoms with van der Waals surface area (Å²) in [6, 6.07) is 6.30. The molecule has 90 valence electrons. The predicted octanol–water partition coefficient (Wildman–Crippen LogP) is -0.468. The molecule has 1 aliphatic rings. The van der Waals surface area contributed by atoms with E-state index in [-0.39, 0.29) is 21.5 Å². The van der Waals surface area contributed by atoms with Crippen LogP contribution in [-0.4, -0.2) is 52.9 Å². The van der Waals surface area contributed by atoms with Crippen LogP contribution in [0.3, 0.4) is 0 Å². The molecule has 0 aromatic heterocycles. The maximum atomic E-state index is 12.6. The third-order valence-corrected chi connectivity index (χ3v) is 4.30. The second-order valence-corrected chi connectivity index (χ2v) is 5.59. The molecule has 1 aromatic carbocycles. The van der Waals surface area contributed by atoms with E-state index in [1.54, 1.807) is 12.1 Å². The van der Waals surface area contributed by atoms with Crippen LogP contribution in [0.15, 0.2) is 35.2 Å². The molecule has 0 saturated heterocycles. The van der Waals surface area contributed by atoms with Crippen LogP contribution >= 0.6 is 11.6 Å². The van der Waals surface area contributed by atoms with Crippen LogP contribution in [0.2, 0.25) is 15.5 Å². The van der Waals surface area contributed by atoms with Gasteiger partial charge in [-0.3, -0.25) is 4.79 Å². The molecule has 21 heavy (non-hydrogen) atoms. The first-order valence-corrected chi connectivity index (χ1v) is 6.37. The number of allylic oxidation sites excluding steroid dienone is 1. The molecule has 0 fully saturated rings. The summed E-state index contributed by atoms with van der Waals surface area (Å²) in [4.78, 5) is 12.6. The van der Waals surface area contributed by atoms with Crippen LogP contribution in [0.25, 0.3) is 0 Å². The average molecular weight is 281 g/mol. The fourth-order valence-electron chi connectivity index (χ4n) is 2.42. The summed E-state index contributed by atoms with van der Waals surface area (Å²) < 4.78 is 0. The Hall–Kier alpha value is -0.730. The smallest absolute Gasteiger partial charge is 0.171 e. The molecule has 0 amide bonds. The van der Waals surface area contributed by atoms with Crippen molar-refractivity contribution in [3.63, 3.8) is 0 Å². The molecular weight excluding hydrogens is 274 g/mol. The van der Waals surface area contributed by atoms with Crippen molar-refractivity contribution in [2.45, 2.75) is 16.0 Å². The Balaban J connectivity index is 2.85. The van der Waals surface area contributed by atoms with E-state index in [0.717, 1.165) is 0 Å². The maximum Gasteiger partial charge on any atom is 0.171 e. The first-order chi connectivity index (χ1) is 9.49. The largest absolute Gasteiger partial charge is 0.316 e. The minimum absolute atomic E-state index is 0.164. The molecule has 1 aromatic rings. The highest BCUT2D eigenvalue weighted by Crippen LogP contribution is 2.61. The van der Waals surface area contributed by atoms with Crippen LogP contribution in [0, 0.1) is 0 Å². The number of halogens is 1. The van der Waals surface area contributed by atoms with E-state index in [9.17, 15) is 4.79 Å². The Morgan fingerprint density at radius 1 is 1.05 bits per heavy atom. The molecule has 0 aliphatic heterocycles. The van der Waals surface area contributed by atoms with Gasteiger partial charge in [-0.2, -0.15) is 0 Å². The summed E-state index contributed by atoms with van der Waals surface area (Å²) in [6.45, 7) is 0. The Bertz CT molecular complexity index is 659. The molecule has 2 N–H and O–H groups in total. The molecule has 1 unspecified atom stereocenters. The van der Waals surface area contributed by atoms with Crippen molar-refractivity contribution in [1.82, 2.24) is 0 Å². The maximum absolute atomic E-state index is 12.6. The van der Waals surface area contributed by atoms with Gasteiger partial charge in [0.25, 0.3) is 0 Å². The number of Topliss-reactive ketones (excluding diaryl/α,β-unsaturated/α-hetero) is 1. The van der Waals surface area contributed by atoms with E-state index in [1.807, 2.05) is 0 Å². The van der Waals surface area contributed by atoms with Gasteiger partial charge in [-0.1, -0.05) is 45.7 Å². The third kappa shape index (κ3) is 1.95. The standard InChI is InChI=1S/C12H6B6ClNO/c13-7-8(14)11(15,16)12(17,18)10(20,9(7)21)5-3-1-2-4-6(5)19/h1-4H,20H2. The van der Waals surface area contributed by atoms with Gasteiger partial charge in [0.15, 0.2) is 5.78 Å². The van der Waals surface area contributed by atoms with E-state index in [4.69, 9.17) is 64.4 Å². The highest BCUT2D eigenvalue weighted by molar-refractivity contribution is 6.64. The highest BCUT2D eigenvalue weighted by Gasteiger charge is 2.58. The molecule has 0 heterocycles. The van der Waals surface area contributed by atoms with Gasteiger partial charge in [0.05, 0.1) is 36.9 Å². The van der Waals surface area contributed by atoms with Crippen LogP contribution in [0.4, 0.5) is 0 Å². The molecule has 0 saturated carbocycles. The van der Waals surface area contributed by atoms with Gasteiger partial charge in [0, 0.05) is 5.02 Å². The Morgan fingerprint density at radius 2 is 1.57 bits per heavy atom. The topological polar surface area (TPSA) is 43.1 Å². The summed E-state index contributed by atoms with van der Waals surface area (Å²) in [7, 11) is 35.3. The zero-order valence-electron chi connectivity index (χ0n) is 11.1. The van der Waals surface area contributed by atoms with Crippen LogP contribution in [0.1, 0.15) is 5.56 Å². The van der Waals surface area contributed by atoms with Crippen molar-refractivity contribution >= 4 is 64.5 Å². The van der Waals surface area contributed by atoms with Crippen molar-refractivity contribution < 1.29 is 4.79 Å². The van der Waals surface area contributed by atoms with Gasteiger partial charge in [0.2, 0.25) is 0 Å². The van der Waals surface area contributed by atoms with Gasteiger partial charge >= 0.3 is 0 Å². The fourth-order valence-corrected chi connectivity index (χ4v) is 2.71. The summed E-state index contributed by atoms with van der Waals surface area (Å²) in [5.41, 5.74) is 3.66. The summed E-state index contributed by atoms with van der Waals surface area (Å²) in [5, 5.41) is -3.94. The zero-order valence-corrected chi connectivity index (χ0v) is 11.9. The zero-order chi connectivity index (χ0) is 16.2. The molecule has 9 heteroatoms. The number of benzene rings is 1. The summed E-state index contributed by atoms with van der Waals surface area (Å²) in [6.07, 6.45) is 0. The number of ketones is 1. The molecule has 0 bridgehead atoms. The van der Waals surface area contributed by atoms with Crippen LogP contribution < -0.4 is 5.73 Å². The first kappa shape index (κ1) is 16.6. The second kappa shape index (κ2) is 4.89. The Labute approximate surface area is 137 Å². The normalized spacial score (nSPS) is 27.6. The van der Waals surface area contributed by atoms with Crippen LogP contribution in [0.5, 0.6) is 0 Å². The van der Waals surface area contributed by atoms with Crippen molar-refractivity contribution in [1.29, 1.82) is 0 Å². The SMILES string of the molecule is [B]C1=C([B])C([B])([B])C([B])([B])C(N)(c2ccccc2Cl)C1=O. The number of hydrogen-bond acceptors (Lipinski definition) is 2. The van der Waals surface area contributed by atoms with E-state index in [2.05, 4.69) is 0 Å². The second-order valence-electron chi connectivity index (χ2n) is 5.18. The lowest BCUT2D eigenvalue weighted by atomic mass is 9.19. The van der Waals surface area contributed by atoms with Crippen molar-refractivity contribution in [3.05, 3.63) is 45.8 Å². The van der Waals surface area contributed by atoms with Crippen molar-refractivity contribution in [2.75, 3.05) is 0 Å². The van der Waals surface area contributed by atoms with Gasteiger partial charge in [0.1, 0.15) is 15.7 Å².